The van der Waals surface area contributed by atoms with E-state index in [1.165, 1.54) is 6.08 Å². The van der Waals surface area contributed by atoms with E-state index in [1.54, 1.807) is 29.1 Å². The lowest BCUT2D eigenvalue weighted by Crippen LogP contribution is -2.22. The number of hydrogen-bond donors (Lipinski definition) is 1. The van der Waals surface area contributed by atoms with Crippen LogP contribution in [0.3, 0.4) is 0 Å². The number of amides is 1. The van der Waals surface area contributed by atoms with Crippen LogP contribution in [0.1, 0.15) is 25.8 Å². The van der Waals surface area contributed by atoms with Crippen molar-refractivity contribution in [1.29, 1.82) is 0 Å². The normalized spacial score (nSPS) is 11.3. The van der Waals surface area contributed by atoms with E-state index in [0.717, 1.165) is 6.08 Å². The van der Waals surface area contributed by atoms with Crippen LogP contribution in [0.15, 0.2) is 47.0 Å². The SMILES string of the molecule is CC(C)n1nccc1NC(=O)COC(=O)/C=C\c1nc2ccccc2o1. The average Bonchev–Trinajstić information content (AvgIpc) is 3.24. The van der Waals surface area contributed by atoms with Crippen LogP contribution in [0, 0.1) is 0 Å². The summed E-state index contributed by atoms with van der Waals surface area (Å²) in [5.74, 6) is -0.285. The molecule has 2 aromatic heterocycles. The third-order valence-electron chi connectivity index (χ3n) is 3.44. The van der Waals surface area contributed by atoms with Gasteiger partial charge in [0.1, 0.15) is 11.3 Å². The summed E-state index contributed by atoms with van der Waals surface area (Å²) in [6.45, 7) is 3.49. The van der Waals surface area contributed by atoms with Gasteiger partial charge < -0.3 is 14.5 Å². The molecule has 3 aromatic rings. The van der Waals surface area contributed by atoms with Crippen LogP contribution in [-0.2, 0) is 14.3 Å². The Morgan fingerprint density at radius 1 is 1.31 bits per heavy atom. The third-order valence-corrected chi connectivity index (χ3v) is 3.44. The van der Waals surface area contributed by atoms with Crippen LogP contribution in [0.4, 0.5) is 5.82 Å². The molecule has 1 aromatic carbocycles. The molecule has 0 saturated carbocycles. The molecule has 0 unspecified atom stereocenters. The number of ether oxygens (including phenoxy) is 1. The van der Waals surface area contributed by atoms with Gasteiger partial charge in [0.15, 0.2) is 12.2 Å². The lowest BCUT2D eigenvalue weighted by atomic mass is 10.3. The Morgan fingerprint density at radius 2 is 2.12 bits per heavy atom. The van der Waals surface area contributed by atoms with Crippen molar-refractivity contribution in [3.05, 3.63) is 48.5 Å². The van der Waals surface area contributed by atoms with Gasteiger partial charge in [-0.1, -0.05) is 12.1 Å². The number of benzene rings is 1. The van der Waals surface area contributed by atoms with Gasteiger partial charge in [0.2, 0.25) is 5.89 Å². The van der Waals surface area contributed by atoms with Gasteiger partial charge in [0, 0.05) is 24.3 Å². The zero-order chi connectivity index (χ0) is 18.5. The number of oxazole rings is 1. The van der Waals surface area contributed by atoms with Crippen molar-refractivity contribution in [2.45, 2.75) is 19.9 Å². The van der Waals surface area contributed by atoms with Crippen molar-refractivity contribution in [2.24, 2.45) is 0 Å². The highest BCUT2D eigenvalue weighted by Gasteiger charge is 2.11. The van der Waals surface area contributed by atoms with Crippen LogP contribution in [0.5, 0.6) is 0 Å². The number of fused-ring (bicyclic) bond motifs is 1. The Hall–Kier alpha value is -3.42. The Kier molecular flexibility index (Phi) is 5.12. The number of aromatic nitrogens is 3. The standard InChI is InChI=1S/C18H18N4O4/c1-12(2)22-15(9-10-19-22)21-16(23)11-25-18(24)8-7-17-20-13-5-3-4-6-14(13)26-17/h3-10,12H,11H2,1-2H3,(H,21,23)/b8-7-. The van der Waals surface area contributed by atoms with Crippen molar-refractivity contribution in [1.82, 2.24) is 14.8 Å². The molecule has 0 aliphatic heterocycles. The van der Waals surface area contributed by atoms with Gasteiger partial charge >= 0.3 is 5.97 Å². The fraction of sp³-hybridized carbons (Fsp3) is 0.222. The maximum atomic E-state index is 11.9. The molecular formula is C18H18N4O4. The lowest BCUT2D eigenvalue weighted by molar-refractivity contribution is -0.142. The van der Waals surface area contributed by atoms with Crippen LogP contribution in [-0.4, -0.2) is 33.2 Å². The molecular weight excluding hydrogens is 336 g/mol. The number of hydrogen-bond acceptors (Lipinski definition) is 6. The molecule has 26 heavy (non-hydrogen) atoms. The minimum absolute atomic E-state index is 0.0992. The molecule has 0 aliphatic carbocycles. The highest BCUT2D eigenvalue weighted by molar-refractivity contribution is 5.94. The van der Waals surface area contributed by atoms with E-state index in [4.69, 9.17) is 9.15 Å². The van der Waals surface area contributed by atoms with Crippen molar-refractivity contribution in [3.8, 4) is 0 Å². The summed E-state index contributed by atoms with van der Waals surface area (Å²) in [5.41, 5.74) is 1.32. The number of nitrogens with one attached hydrogen (secondary N) is 1. The third kappa shape index (κ3) is 4.15. The summed E-state index contributed by atoms with van der Waals surface area (Å²) in [6, 6.07) is 9.04. The number of nitrogens with zero attached hydrogens (tertiary/aromatic N) is 3. The molecule has 8 nitrogen and oxygen atoms in total. The molecule has 0 spiro atoms. The minimum Gasteiger partial charge on any atom is -0.452 e. The number of anilines is 1. The minimum atomic E-state index is -0.667. The second kappa shape index (κ2) is 7.64. The van der Waals surface area contributed by atoms with Crippen LogP contribution in [0.2, 0.25) is 0 Å². The van der Waals surface area contributed by atoms with Crippen molar-refractivity contribution < 1.29 is 18.7 Å². The van der Waals surface area contributed by atoms with Gasteiger partial charge in [-0.15, -0.1) is 0 Å². The molecule has 1 N–H and O–H groups in total. The monoisotopic (exact) mass is 354 g/mol. The Labute approximate surface area is 149 Å². The molecule has 0 fully saturated rings. The van der Waals surface area contributed by atoms with E-state index in [-0.39, 0.29) is 11.9 Å². The first kappa shape index (κ1) is 17.4. The van der Waals surface area contributed by atoms with E-state index >= 15 is 0 Å². The number of carbonyl (C=O) groups is 2. The van der Waals surface area contributed by atoms with Gasteiger partial charge in [-0.3, -0.25) is 4.79 Å². The zero-order valence-electron chi connectivity index (χ0n) is 14.4. The number of para-hydroxylation sites is 2. The predicted octanol–water partition coefficient (Wildman–Crippen LogP) is 2.80. The fourth-order valence-electron chi connectivity index (χ4n) is 2.29. The van der Waals surface area contributed by atoms with Gasteiger partial charge in [0.25, 0.3) is 5.91 Å². The highest BCUT2D eigenvalue weighted by Crippen LogP contribution is 2.15. The quantitative estimate of drug-likeness (QED) is 0.540. The summed E-state index contributed by atoms with van der Waals surface area (Å²) >= 11 is 0. The summed E-state index contributed by atoms with van der Waals surface area (Å²) < 4.78 is 12.0. The molecule has 0 saturated heterocycles. The summed E-state index contributed by atoms with van der Waals surface area (Å²) in [4.78, 5) is 27.8. The van der Waals surface area contributed by atoms with Crippen LogP contribution in [0.25, 0.3) is 17.2 Å². The fourth-order valence-corrected chi connectivity index (χ4v) is 2.29. The van der Waals surface area contributed by atoms with Gasteiger partial charge in [-0.2, -0.15) is 5.10 Å². The van der Waals surface area contributed by atoms with Gasteiger partial charge in [0.05, 0.1) is 6.20 Å². The van der Waals surface area contributed by atoms with Gasteiger partial charge in [-0.05, 0) is 26.0 Å². The van der Waals surface area contributed by atoms with Crippen molar-refractivity contribution in [3.63, 3.8) is 0 Å². The summed E-state index contributed by atoms with van der Waals surface area (Å²) in [7, 11) is 0. The zero-order valence-corrected chi connectivity index (χ0v) is 14.4. The molecule has 0 atom stereocenters. The highest BCUT2D eigenvalue weighted by atomic mass is 16.5. The Bertz CT molecular complexity index is 922. The average molecular weight is 354 g/mol. The first-order valence-corrected chi connectivity index (χ1v) is 8.06. The van der Waals surface area contributed by atoms with Crippen molar-refractivity contribution >= 4 is 34.9 Å². The first-order chi connectivity index (χ1) is 12.5. The van der Waals surface area contributed by atoms with E-state index < -0.39 is 18.5 Å². The van der Waals surface area contributed by atoms with E-state index in [2.05, 4.69) is 15.4 Å². The molecule has 3 rings (SSSR count). The number of rotatable bonds is 6. The molecule has 0 radical (unpaired) electrons. The maximum absolute atomic E-state index is 11.9. The van der Waals surface area contributed by atoms with Crippen LogP contribution < -0.4 is 5.32 Å². The smallest absolute Gasteiger partial charge is 0.331 e. The van der Waals surface area contributed by atoms with E-state index in [0.29, 0.717) is 16.9 Å². The summed E-state index contributed by atoms with van der Waals surface area (Å²) in [6.07, 6.45) is 4.15. The molecule has 0 aliphatic rings. The largest absolute Gasteiger partial charge is 0.452 e. The van der Waals surface area contributed by atoms with E-state index in [9.17, 15) is 9.59 Å². The molecule has 1 amide bonds. The first-order valence-electron chi connectivity index (χ1n) is 8.06. The van der Waals surface area contributed by atoms with Crippen LogP contribution >= 0.6 is 0 Å². The molecule has 134 valence electrons. The molecule has 8 heteroatoms. The van der Waals surface area contributed by atoms with Crippen molar-refractivity contribution in [2.75, 3.05) is 11.9 Å². The Balaban J connectivity index is 1.51. The number of carbonyl (C=O) groups excluding carboxylic acids is 2. The molecule has 2 heterocycles. The van der Waals surface area contributed by atoms with Gasteiger partial charge in [-0.25, -0.2) is 14.5 Å². The Morgan fingerprint density at radius 3 is 2.88 bits per heavy atom. The second-order valence-corrected chi connectivity index (χ2v) is 5.76. The topological polar surface area (TPSA) is 99.2 Å². The molecule has 0 bridgehead atoms. The second-order valence-electron chi connectivity index (χ2n) is 5.76. The van der Waals surface area contributed by atoms with E-state index in [1.807, 2.05) is 26.0 Å². The summed E-state index contributed by atoms with van der Waals surface area (Å²) in [5, 5.41) is 6.76. The maximum Gasteiger partial charge on any atom is 0.331 e. The lowest BCUT2D eigenvalue weighted by Gasteiger charge is -2.11. The number of esters is 1. The predicted molar refractivity (Wildman–Crippen MR) is 95.2 cm³/mol.